The number of carbonyl (C=O) groups excluding carboxylic acids is 1. The van der Waals surface area contributed by atoms with Gasteiger partial charge >= 0.3 is 0 Å². The molecule has 1 rings (SSSR count). The molecule has 0 spiro atoms. The summed E-state index contributed by atoms with van der Waals surface area (Å²) >= 11 is 0. The van der Waals surface area contributed by atoms with E-state index < -0.39 is 6.04 Å². The molecule has 0 heterocycles. The fourth-order valence-electron chi connectivity index (χ4n) is 1.53. The Morgan fingerprint density at radius 1 is 1.47 bits per heavy atom. The summed E-state index contributed by atoms with van der Waals surface area (Å²) < 4.78 is 0. The Morgan fingerprint density at radius 2 is 2.00 bits per heavy atom. The Kier molecular flexibility index (Phi) is 3.73. The third kappa shape index (κ3) is 3.47. The zero-order valence-electron chi connectivity index (χ0n) is 9.92. The van der Waals surface area contributed by atoms with E-state index in [1.807, 2.05) is 20.8 Å². The number of nitrogens with one attached hydrogen (secondary N) is 1. The van der Waals surface area contributed by atoms with Gasteiger partial charge in [0, 0.05) is 12.6 Å². The van der Waals surface area contributed by atoms with Gasteiger partial charge in [-0.2, -0.15) is 0 Å². The van der Waals surface area contributed by atoms with Crippen LogP contribution in [0.4, 0.5) is 0 Å². The van der Waals surface area contributed by atoms with E-state index in [4.69, 9.17) is 11.5 Å². The lowest BCUT2D eigenvalue weighted by molar-refractivity contribution is -0.125. The molecule has 0 aromatic carbocycles. The highest BCUT2D eigenvalue weighted by molar-refractivity contribution is 5.82. The van der Waals surface area contributed by atoms with Crippen LogP contribution in [0.1, 0.15) is 33.6 Å². The largest absolute Gasteiger partial charge is 0.350 e. The van der Waals surface area contributed by atoms with E-state index in [1.165, 1.54) is 12.8 Å². The first kappa shape index (κ1) is 12.5. The molecule has 0 saturated heterocycles. The minimum atomic E-state index is -0.467. The van der Waals surface area contributed by atoms with Crippen molar-refractivity contribution < 1.29 is 4.79 Å². The number of hydrogen-bond acceptors (Lipinski definition) is 3. The van der Waals surface area contributed by atoms with Gasteiger partial charge in [-0.1, -0.05) is 20.8 Å². The Balaban J connectivity index is 2.46. The van der Waals surface area contributed by atoms with E-state index in [-0.39, 0.29) is 17.4 Å². The summed E-state index contributed by atoms with van der Waals surface area (Å²) in [6.45, 7) is 6.40. The third-order valence-corrected chi connectivity index (χ3v) is 2.99. The second kappa shape index (κ2) is 4.49. The van der Waals surface area contributed by atoms with Crippen molar-refractivity contribution in [3.05, 3.63) is 0 Å². The summed E-state index contributed by atoms with van der Waals surface area (Å²) in [4.78, 5) is 11.8. The van der Waals surface area contributed by atoms with E-state index in [1.54, 1.807) is 0 Å². The maximum absolute atomic E-state index is 11.8. The smallest absolute Gasteiger partial charge is 0.237 e. The van der Waals surface area contributed by atoms with Crippen LogP contribution >= 0.6 is 0 Å². The van der Waals surface area contributed by atoms with E-state index >= 15 is 0 Å². The van der Waals surface area contributed by atoms with Crippen molar-refractivity contribution in [3.63, 3.8) is 0 Å². The topological polar surface area (TPSA) is 81.1 Å². The van der Waals surface area contributed by atoms with E-state index in [2.05, 4.69) is 5.32 Å². The summed E-state index contributed by atoms with van der Waals surface area (Å²) in [6.07, 6.45) is 2.35. The summed E-state index contributed by atoms with van der Waals surface area (Å²) in [5, 5.41) is 2.95. The molecule has 4 heteroatoms. The highest BCUT2D eigenvalue weighted by Gasteiger charge is 2.34. The minimum absolute atomic E-state index is 0.0788. The van der Waals surface area contributed by atoms with Crippen molar-refractivity contribution in [1.82, 2.24) is 5.32 Å². The molecule has 1 fully saturated rings. The van der Waals surface area contributed by atoms with Crippen LogP contribution in [0.15, 0.2) is 0 Å². The molecule has 2 atom stereocenters. The molecule has 15 heavy (non-hydrogen) atoms. The zero-order chi connectivity index (χ0) is 11.6. The molecule has 0 bridgehead atoms. The van der Waals surface area contributed by atoms with Gasteiger partial charge in [-0.25, -0.2) is 0 Å². The number of amides is 1. The third-order valence-electron chi connectivity index (χ3n) is 2.99. The highest BCUT2D eigenvalue weighted by Crippen LogP contribution is 2.32. The van der Waals surface area contributed by atoms with E-state index in [0.29, 0.717) is 12.5 Å². The van der Waals surface area contributed by atoms with E-state index in [0.717, 1.165) is 0 Å². The lowest BCUT2D eigenvalue weighted by Crippen LogP contribution is -2.53. The van der Waals surface area contributed by atoms with Crippen LogP contribution in [0, 0.1) is 11.3 Å². The molecule has 1 aliphatic rings. The summed E-state index contributed by atoms with van der Waals surface area (Å²) in [5.74, 6) is 0.496. The van der Waals surface area contributed by atoms with Crippen molar-refractivity contribution >= 4 is 5.91 Å². The average molecular weight is 213 g/mol. The molecule has 88 valence electrons. The first-order chi connectivity index (χ1) is 6.86. The molecule has 1 unspecified atom stereocenters. The maximum atomic E-state index is 11.8. The fourth-order valence-corrected chi connectivity index (χ4v) is 1.53. The number of rotatable bonds is 4. The number of hydrogen-bond donors (Lipinski definition) is 3. The molecule has 5 N–H and O–H groups in total. The number of nitrogens with two attached hydrogens (primary N) is 2. The Labute approximate surface area is 91.8 Å². The minimum Gasteiger partial charge on any atom is -0.350 e. The normalized spacial score (nSPS) is 20.9. The SMILES string of the molecule is CC(C)(C)[C@H](N)C(=O)NC(CN)C1CC1. The molecule has 0 aliphatic heterocycles. The predicted molar refractivity (Wildman–Crippen MR) is 61.1 cm³/mol. The van der Waals surface area contributed by atoms with Gasteiger partial charge in [0.05, 0.1) is 6.04 Å². The van der Waals surface area contributed by atoms with Crippen LogP contribution in [-0.4, -0.2) is 24.5 Å². The Morgan fingerprint density at radius 3 is 2.33 bits per heavy atom. The van der Waals surface area contributed by atoms with Gasteiger partial charge in [0.2, 0.25) is 5.91 Å². The molecule has 1 aliphatic carbocycles. The van der Waals surface area contributed by atoms with Crippen molar-refractivity contribution in [1.29, 1.82) is 0 Å². The fraction of sp³-hybridized carbons (Fsp3) is 0.909. The van der Waals surface area contributed by atoms with Crippen LogP contribution in [0.5, 0.6) is 0 Å². The summed E-state index contributed by atoms with van der Waals surface area (Å²) in [7, 11) is 0. The predicted octanol–water partition coefficient (Wildman–Crippen LogP) is 0.213. The van der Waals surface area contributed by atoms with Crippen LogP contribution < -0.4 is 16.8 Å². The second-order valence-electron chi connectivity index (χ2n) is 5.53. The van der Waals surface area contributed by atoms with E-state index in [9.17, 15) is 4.79 Å². The molecule has 0 aromatic rings. The molecular weight excluding hydrogens is 190 g/mol. The van der Waals surface area contributed by atoms with Gasteiger partial charge in [-0.05, 0) is 24.2 Å². The molecule has 4 nitrogen and oxygen atoms in total. The highest BCUT2D eigenvalue weighted by atomic mass is 16.2. The van der Waals surface area contributed by atoms with Crippen molar-refractivity contribution in [2.45, 2.75) is 45.7 Å². The lowest BCUT2D eigenvalue weighted by atomic mass is 9.86. The standard InChI is InChI=1S/C11H23N3O/c1-11(2,3)9(13)10(15)14-8(6-12)7-4-5-7/h7-9H,4-6,12-13H2,1-3H3,(H,14,15)/t8?,9-/m1/s1. The number of carbonyl (C=O) groups is 1. The van der Waals surface area contributed by atoms with Crippen molar-refractivity contribution in [3.8, 4) is 0 Å². The molecule has 1 amide bonds. The first-order valence-corrected chi connectivity index (χ1v) is 5.62. The summed E-state index contributed by atoms with van der Waals surface area (Å²) in [5.41, 5.74) is 11.3. The molecule has 0 aromatic heterocycles. The van der Waals surface area contributed by atoms with Crippen LogP contribution in [0.3, 0.4) is 0 Å². The van der Waals surface area contributed by atoms with Gasteiger partial charge in [-0.15, -0.1) is 0 Å². The van der Waals surface area contributed by atoms with Gasteiger partial charge in [0.1, 0.15) is 0 Å². The average Bonchev–Trinajstić information content (AvgIpc) is 2.94. The lowest BCUT2D eigenvalue weighted by Gasteiger charge is -2.28. The maximum Gasteiger partial charge on any atom is 0.237 e. The van der Waals surface area contributed by atoms with Crippen molar-refractivity contribution in [2.24, 2.45) is 22.8 Å². The monoisotopic (exact) mass is 213 g/mol. The van der Waals surface area contributed by atoms with Gasteiger partial charge in [0.15, 0.2) is 0 Å². The quantitative estimate of drug-likeness (QED) is 0.624. The van der Waals surface area contributed by atoms with Gasteiger partial charge < -0.3 is 16.8 Å². The first-order valence-electron chi connectivity index (χ1n) is 5.62. The molecule has 0 radical (unpaired) electrons. The molecule has 1 saturated carbocycles. The molecular formula is C11H23N3O. The van der Waals surface area contributed by atoms with Gasteiger partial charge in [0.25, 0.3) is 0 Å². The van der Waals surface area contributed by atoms with Crippen LogP contribution in [0.25, 0.3) is 0 Å². The van der Waals surface area contributed by atoms with Crippen LogP contribution in [-0.2, 0) is 4.79 Å². The zero-order valence-corrected chi connectivity index (χ0v) is 9.92. The Hall–Kier alpha value is -0.610. The van der Waals surface area contributed by atoms with Gasteiger partial charge in [-0.3, -0.25) is 4.79 Å². The second-order valence-corrected chi connectivity index (χ2v) is 5.53. The van der Waals surface area contributed by atoms with Crippen molar-refractivity contribution in [2.75, 3.05) is 6.54 Å². The Bertz CT molecular complexity index is 230. The summed E-state index contributed by atoms with van der Waals surface area (Å²) in [6, 6.07) is -0.351. The van der Waals surface area contributed by atoms with Crippen LogP contribution in [0.2, 0.25) is 0 Å².